The van der Waals surface area contributed by atoms with Gasteiger partial charge in [-0.25, -0.2) is 20.4 Å². The van der Waals surface area contributed by atoms with Gasteiger partial charge in [0.05, 0.1) is 10.4 Å². The summed E-state index contributed by atoms with van der Waals surface area (Å²) in [4.78, 5) is 33.5. The molecule has 0 fully saturated rings. The molecule has 6 nitrogen and oxygen atoms in total. The van der Waals surface area contributed by atoms with Gasteiger partial charge in [0.25, 0.3) is 5.91 Å². The second-order valence-electron chi connectivity index (χ2n) is 5.22. The summed E-state index contributed by atoms with van der Waals surface area (Å²) in [7, 11) is 1.63. The van der Waals surface area contributed by atoms with Crippen LogP contribution in [-0.2, 0) is 9.59 Å². The molecule has 0 radical (unpaired) electrons. The number of hydrogen-bond donors (Lipinski definition) is 1. The van der Waals surface area contributed by atoms with Gasteiger partial charge in [-0.1, -0.05) is 18.2 Å². The van der Waals surface area contributed by atoms with E-state index in [0.717, 1.165) is 15.8 Å². The molecule has 1 amide bonds. The number of fused-ring (bicyclic) bond motifs is 1. The van der Waals surface area contributed by atoms with Crippen molar-refractivity contribution in [2.45, 2.75) is 6.92 Å². The van der Waals surface area contributed by atoms with Gasteiger partial charge in [0.2, 0.25) is 0 Å². The molecule has 2 heterocycles. The number of amides is 1. The van der Waals surface area contributed by atoms with Crippen LogP contribution in [0.3, 0.4) is 0 Å². The predicted molar refractivity (Wildman–Crippen MR) is 99.2 cm³/mol. The van der Waals surface area contributed by atoms with E-state index in [0.29, 0.717) is 23.5 Å². The number of para-hydroxylation sites is 1. The molecule has 0 unspecified atom stereocenters. The van der Waals surface area contributed by atoms with Crippen LogP contribution in [0.1, 0.15) is 6.92 Å². The molecule has 7 heteroatoms. The van der Waals surface area contributed by atoms with Gasteiger partial charge in [0.1, 0.15) is 6.29 Å². The van der Waals surface area contributed by atoms with Gasteiger partial charge in [-0.15, -0.1) is 11.3 Å². The van der Waals surface area contributed by atoms with Crippen molar-refractivity contribution in [1.82, 2.24) is 15.4 Å². The molecule has 1 N–H and O–H groups in total. The minimum Gasteiger partial charge on any atom is -0.299 e. The maximum atomic E-state index is 12.7. The molecule has 0 saturated carbocycles. The molecule has 0 atom stereocenters. The van der Waals surface area contributed by atoms with E-state index >= 15 is 0 Å². The Hall–Kier alpha value is -2.90. The van der Waals surface area contributed by atoms with Gasteiger partial charge in [0.15, 0.2) is 11.6 Å². The zero-order valence-corrected chi connectivity index (χ0v) is 14.6. The summed E-state index contributed by atoms with van der Waals surface area (Å²) < 4.78 is 0. The fourth-order valence-electron chi connectivity index (χ4n) is 2.40. The summed E-state index contributed by atoms with van der Waals surface area (Å²) in [6, 6.07) is 11.4. The summed E-state index contributed by atoms with van der Waals surface area (Å²) in [5.74, 6) is 0.643. The van der Waals surface area contributed by atoms with Crippen molar-refractivity contribution in [3.8, 4) is 10.7 Å². The van der Waals surface area contributed by atoms with E-state index in [1.807, 2.05) is 41.8 Å². The van der Waals surface area contributed by atoms with E-state index in [-0.39, 0.29) is 5.91 Å². The van der Waals surface area contributed by atoms with Crippen molar-refractivity contribution >= 4 is 40.3 Å². The van der Waals surface area contributed by atoms with Gasteiger partial charge in [0, 0.05) is 18.0 Å². The van der Waals surface area contributed by atoms with E-state index in [2.05, 4.69) is 15.4 Å². The number of nitrogens with zero attached hydrogens (tertiary/aromatic N) is 3. The van der Waals surface area contributed by atoms with Crippen molar-refractivity contribution in [3.05, 3.63) is 53.4 Å². The number of anilines is 1. The predicted octanol–water partition coefficient (Wildman–Crippen LogP) is 2.97. The number of allylic oxidation sites excluding steroid dienone is 1. The highest BCUT2D eigenvalue weighted by Gasteiger charge is 2.21. The van der Waals surface area contributed by atoms with Crippen molar-refractivity contribution in [1.29, 1.82) is 0 Å². The lowest BCUT2D eigenvalue weighted by atomic mass is 10.2. The lowest BCUT2D eigenvalue weighted by molar-refractivity contribution is -0.116. The molecular formula is C18H16N4O2S. The van der Waals surface area contributed by atoms with Crippen molar-refractivity contribution in [2.75, 3.05) is 12.1 Å². The van der Waals surface area contributed by atoms with E-state index in [4.69, 9.17) is 0 Å². The van der Waals surface area contributed by atoms with Gasteiger partial charge in [-0.2, -0.15) is 0 Å². The van der Waals surface area contributed by atoms with Gasteiger partial charge >= 0.3 is 0 Å². The Kier molecular flexibility index (Phi) is 4.97. The molecule has 0 aliphatic carbocycles. The Morgan fingerprint density at radius 2 is 2.00 bits per heavy atom. The van der Waals surface area contributed by atoms with Crippen molar-refractivity contribution < 1.29 is 9.59 Å². The number of nitrogens with one attached hydrogen (secondary N) is 1. The van der Waals surface area contributed by atoms with Crippen LogP contribution in [0.2, 0.25) is 0 Å². The average Bonchev–Trinajstić information content (AvgIpc) is 3.17. The third-order valence-electron chi connectivity index (χ3n) is 3.62. The third-order valence-corrected chi connectivity index (χ3v) is 4.48. The van der Waals surface area contributed by atoms with Crippen LogP contribution >= 0.6 is 11.3 Å². The molecule has 0 bridgehead atoms. The normalized spacial score (nSPS) is 11.5. The average molecular weight is 352 g/mol. The smallest absolute Gasteiger partial charge is 0.269 e. The number of aldehydes is 1. The first-order valence-electron chi connectivity index (χ1n) is 7.60. The summed E-state index contributed by atoms with van der Waals surface area (Å²) >= 11 is 1.53. The SMILES string of the molecule is CNN(C(=O)/C(C)=C\C=O)c1nc(-c2cccs2)nc2ccccc12. The van der Waals surface area contributed by atoms with Crippen molar-refractivity contribution in [3.63, 3.8) is 0 Å². The standard InChI is InChI=1S/C18H16N4O2S/c1-12(9-10-23)18(24)22(19-2)17-13-6-3-4-7-14(13)20-16(21-17)15-8-5-11-25-15/h3-11,19H,1-2H3/b12-9-. The molecule has 0 spiro atoms. The molecular weight excluding hydrogens is 336 g/mol. The second-order valence-corrected chi connectivity index (χ2v) is 6.16. The van der Waals surface area contributed by atoms with Gasteiger partial charge in [-0.05, 0) is 36.6 Å². The first-order chi connectivity index (χ1) is 12.2. The Bertz CT molecular complexity index is 951. The fourth-order valence-corrected chi connectivity index (χ4v) is 3.06. The molecule has 0 aliphatic rings. The first-order valence-corrected chi connectivity index (χ1v) is 8.48. The zero-order chi connectivity index (χ0) is 17.8. The first kappa shape index (κ1) is 16.9. The Labute approximate surface area is 148 Å². The zero-order valence-electron chi connectivity index (χ0n) is 13.8. The molecule has 3 rings (SSSR count). The topological polar surface area (TPSA) is 75.2 Å². The molecule has 1 aromatic carbocycles. The number of rotatable bonds is 5. The van der Waals surface area contributed by atoms with Crippen LogP contribution in [0.25, 0.3) is 21.6 Å². The number of hydrazine groups is 1. The molecule has 0 aliphatic heterocycles. The summed E-state index contributed by atoms with van der Waals surface area (Å²) in [6.45, 7) is 1.59. The number of hydrogen-bond acceptors (Lipinski definition) is 6. The summed E-state index contributed by atoms with van der Waals surface area (Å²) in [5, 5.41) is 4.02. The Morgan fingerprint density at radius 3 is 2.68 bits per heavy atom. The van der Waals surface area contributed by atoms with E-state index in [1.54, 1.807) is 14.0 Å². The molecule has 3 aromatic rings. The molecule has 126 valence electrons. The summed E-state index contributed by atoms with van der Waals surface area (Å²) in [6.07, 6.45) is 1.83. The second kappa shape index (κ2) is 7.33. The maximum absolute atomic E-state index is 12.7. The summed E-state index contributed by atoms with van der Waals surface area (Å²) in [5.41, 5.74) is 3.91. The highest BCUT2D eigenvalue weighted by atomic mass is 32.1. The van der Waals surface area contributed by atoms with Crippen LogP contribution in [0, 0.1) is 0 Å². The number of aromatic nitrogens is 2. The van der Waals surface area contributed by atoms with Crippen molar-refractivity contribution in [2.24, 2.45) is 0 Å². The fraction of sp³-hybridized carbons (Fsp3) is 0.111. The molecule has 2 aromatic heterocycles. The number of benzene rings is 1. The Morgan fingerprint density at radius 1 is 1.20 bits per heavy atom. The number of carbonyl (C=O) groups excluding carboxylic acids is 2. The Balaban J connectivity index is 2.20. The van der Waals surface area contributed by atoms with E-state index in [9.17, 15) is 9.59 Å². The monoisotopic (exact) mass is 352 g/mol. The highest BCUT2D eigenvalue weighted by Crippen LogP contribution is 2.29. The van der Waals surface area contributed by atoms with Gasteiger partial charge in [-0.3, -0.25) is 9.59 Å². The number of thiophene rings is 1. The minimum atomic E-state index is -0.351. The van der Waals surface area contributed by atoms with Crippen LogP contribution in [0.4, 0.5) is 5.82 Å². The van der Waals surface area contributed by atoms with Crippen LogP contribution in [-0.4, -0.2) is 29.2 Å². The van der Waals surface area contributed by atoms with E-state index in [1.165, 1.54) is 22.4 Å². The van der Waals surface area contributed by atoms with Gasteiger partial charge < -0.3 is 0 Å². The molecule has 0 saturated heterocycles. The van der Waals surface area contributed by atoms with E-state index < -0.39 is 0 Å². The maximum Gasteiger partial charge on any atom is 0.269 e. The molecule has 25 heavy (non-hydrogen) atoms. The quantitative estimate of drug-likeness (QED) is 0.434. The highest BCUT2D eigenvalue weighted by molar-refractivity contribution is 7.13. The van der Waals surface area contributed by atoms with Crippen LogP contribution in [0.5, 0.6) is 0 Å². The lowest BCUT2D eigenvalue weighted by Gasteiger charge is -2.22. The van der Waals surface area contributed by atoms with Crippen LogP contribution in [0.15, 0.2) is 53.4 Å². The minimum absolute atomic E-state index is 0.310. The lowest BCUT2D eigenvalue weighted by Crippen LogP contribution is -2.42. The third kappa shape index (κ3) is 3.33. The largest absolute Gasteiger partial charge is 0.299 e. The number of carbonyl (C=O) groups is 2. The van der Waals surface area contributed by atoms with Crippen LogP contribution < -0.4 is 10.4 Å².